The molecule has 0 amide bonds. The van der Waals surface area contributed by atoms with Gasteiger partial charge < -0.3 is 4.74 Å². The fourth-order valence-electron chi connectivity index (χ4n) is 4.55. The van der Waals surface area contributed by atoms with Crippen LogP contribution in [0.15, 0.2) is 0 Å². The zero-order valence-electron chi connectivity index (χ0n) is 9.45. The van der Waals surface area contributed by atoms with Crippen molar-refractivity contribution in [1.29, 1.82) is 0 Å². The third-order valence-corrected chi connectivity index (χ3v) is 4.79. The molecular formula is C13H20O2. The zero-order chi connectivity index (χ0) is 10.4. The summed E-state index contributed by atoms with van der Waals surface area (Å²) in [6.45, 7) is 2.45. The van der Waals surface area contributed by atoms with Crippen LogP contribution < -0.4 is 0 Å². The minimum atomic E-state index is 0.103. The molecule has 2 heteroatoms. The maximum Gasteiger partial charge on any atom is 0.309 e. The molecule has 4 rings (SSSR count). The van der Waals surface area contributed by atoms with E-state index in [1.807, 2.05) is 6.92 Å². The molecule has 4 saturated carbocycles. The summed E-state index contributed by atoms with van der Waals surface area (Å²) in [7, 11) is 0. The first-order valence-electron chi connectivity index (χ1n) is 6.44. The van der Waals surface area contributed by atoms with Crippen molar-refractivity contribution in [3.05, 3.63) is 0 Å². The van der Waals surface area contributed by atoms with Crippen LogP contribution in [0.25, 0.3) is 0 Å². The number of ether oxygens (including phenoxy) is 1. The normalized spacial score (nSPS) is 46.9. The smallest absolute Gasteiger partial charge is 0.309 e. The number of carbonyl (C=O) groups excluding carboxylic acids is 1. The minimum Gasteiger partial charge on any atom is -0.466 e. The van der Waals surface area contributed by atoms with E-state index in [2.05, 4.69) is 0 Å². The van der Waals surface area contributed by atoms with Gasteiger partial charge in [-0.2, -0.15) is 0 Å². The quantitative estimate of drug-likeness (QED) is 0.652. The molecule has 4 fully saturated rings. The van der Waals surface area contributed by atoms with E-state index in [0.29, 0.717) is 18.4 Å². The fraction of sp³-hybridized carbons (Fsp3) is 0.923. The van der Waals surface area contributed by atoms with Crippen molar-refractivity contribution in [1.82, 2.24) is 0 Å². The van der Waals surface area contributed by atoms with Crippen molar-refractivity contribution in [3.8, 4) is 0 Å². The molecule has 84 valence electrons. The second-order valence-electron chi connectivity index (χ2n) is 5.71. The van der Waals surface area contributed by atoms with Crippen molar-refractivity contribution in [3.63, 3.8) is 0 Å². The van der Waals surface area contributed by atoms with Gasteiger partial charge in [0.2, 0.25) is 0 Å². The van der Waals surface area contributed by atoms with Crippen LogP contribution in [0.5, 0.6) is 0 Å². The lowest BCUT2D eigenvalue weighted by molar-refractivity contribution is -0.161. The fourth-order valence-corrected chi connectivity index (χ4v) is 4.55. The highest BCUT2D eigenvalue weighted by atomic mass is 16.5. The van der Waals surface area contributed by atoms with Crippen LogP contribution in [-0.2, 0) is 9.53 Å². The Hall–Kier alpha value is -0.530. The van der Waals surface area contributed by atoms with Crippen LogP contribution in [0.3, 0.4) is 0 Å². The van der Waals surface area contributed by atoms with Gasteiger partial charge in [0.15, 0.2) is 0 Å². The van der Waals surface area contributed by atoms with Crippen LogP contribution in [0.1, 0.15) is 39.0 Å². The molecule has 0 atom stereocenters. The Morgan fingerprint density at radius 3 is 2.07 bits per heavy atom. The van der Waals surface area contributed by atoms with E-state index < -0.39 is 0 Å². The first-order valence-corrected chi connectivity index (χ1v) is 6.44. The molecule has 4 bridgehead atoms. The molecule has 0 spiro atoms. The van der Waals surface area contributed by atoms with E-state index in [-0.39, 0.29) is 11.9 Å². The number of hydrogen-bond acceptors (Lipinski definition) is 2. The second kappa shape index (κ2) is 3.50. The Labute approximate surface area is 91.4 Å². The summed E-state index contributed by atoms with van der Waals surface area (Å²) in [5.74, 6) is 3.58. The van der Waals surface area contributed by atoms with E-state index in [4.69, 9.17) is 4.74 Å². The summed E-state index contributed by atoms with van der Waals surface area (Å²) in [5.41, 5.74) is 0. The molecule has 4 aliphatic rings. The lowest BCUT2D eigenvalue weighted by Crippen LogP contribution is -2.48. The largest absolute Gasteiger partial charge is 0.466 e. The van der Waals surface area contributed by atoms with Gasteiger partial charge in [-0.25, -0.2) is 0 Å². The van der Waals surface area contributed by atoms with Crippen molar-refractivity contribution in [2.75, 3.05) is 6.61 Å². The number of carbonyl (C=O) groups is 1. The first-order chi connectivity index (χ1) is 7.28. The van der Waals surface area contributed by atoms with Gasteiger partial charge in [-0.05, 0) is 62.7 Å². The van der Waals surface area contributed by atoms with Gasteiger partial charge in [-0.1, -0.05) is 0 Å². The Bertz CT molecular complexity index is 244. The molecule has 0 aromatic heterocycles. The topological polar surface area (TPSA) is 26.3 Å². The third kappa shape index (κ3) is 1.49. The van der Waals surface area contributed by atoms with Gasteiger partial charge in [0.1, 0.15) is 0 Å². The van der Waals surface area contributed by atoms with Gasteiger partial charge >= 0.3 is 5.97 Å². The van der Waals surface area contributed by atoms with E-state index in [9.17, 15) is 4.79 Å². The van der Waals surface area contributed by atoms with E-state index in [1.165, 1.54) is 32.1 Å². The molecule has 15 heavy (non-hydrogen) atoms. The van der Waals surface area contributed by atoms with E-state index in [1.54, 1.807) is 0 Å². The highest BCUT2D eigenvalue weighted by Gasteiger charge is 2.51. The molecule has 2 nitrogen and oxygen atoms in total. The first kappa shape index (κ1) is 9.68. The highest BCUT2D eigenvalue weighted by Crippen LogP contribution is 2.56. The van der Waals surface area contributed by atoms with Crippen LogP contribution in [0, 0.1) is 29.6 Å². The van der Waals surface area contributed by atoms with Gasteiger partial charge in [-0.15, -0.1) is 0 Å². The summed E-state index contributed by atoms with van der Waals surface area (Å²) in [6.07, 6.45) is 6.66. The van der Waals surface area contributed by atoms with Crippen molar-refractivity contribution >= 4 is 5.97 Å². The van der Waals surface area contributed by atoms with Crippen LogP contribution in [-0.4, -0.2) is 12.6 Å². The molecule has 0 N–H and O–H groups in total. The Morgan fingerprint density at radius 2 is 1.60 bits per heavy atom. The molecule has 0 unspecified atom stereocenters. The van der Waals surface area contributed by atoms with E-state index >= 15 is 0 Å². The third-order valence-electron chi connectivity index (χ3n) is 4.79. The van der Waals surface area contributed by atoms with Crippen LogP contribution in [0.4, 0.5) is 0 Å². The molecule has 0 aliphatic heterocycles. The predicted molar refractivity (Wildman–Crippen MR) is 57.2 cm³/mol. The Morgan fingerprint density at radius 1 is 1.07 bits per heavy atom. The number of esters is 1. The molecule has 0 radical (unpaired) electrons. The molecule has 0 aromatic rings. The Kier molecular flexibility index (Phi) is 2.26. The van der Waals surface area contributed by atoms with Crippen LogP contribution >= 0.6 is 0 Å². The van der Waals surface area contributed by atoms with Gasteiger partial charge in [-0.3, -0.25) is 4.79 Å². The van der Waals surface area contributed by atoms with Crippen LogP contribution in [0.2, 0.25) is 0 Å². The summed E-state index contributed by atoms with van der Waals surface area (Å²) >= 11 is 0. The summed E-state index contributed by atoms with van der Waals surface area (Å²) < 4.78 is 5.23. The summed E-state index contributed by atoms with van der Waals surface area (Å²) in [6, 6.07) is 0. The maximum absolute atomic E-state index is 11.9. The Balaban J connectivity index is 1.77. The predicted octanol–water partition coefficient (Wildman–Crippen LogP) is 2.62. The van der Waals surface area contributed by atoms with Crippen molar-refractivity contribution in [2.24, 2.45) is 29.6 Å². The lowest BCUT2D eigenvalue weighted by atomic mass is 9.52. The lowest BCUT2D eigenvalue weighted by Gasteiger charge is -2.53. The standard InChI is InChI=1S/C13H20O2/c1-2-15-13(14)12-10-4-8-3-9(6-10)7-11(12)5-8/h8-12H,2-7H2,1H3. The molecule has 0 heterocycles. The molecule has 0 aromatic carbocycles. The average molecular weight is 208 g/mol. The highest BCUT2D eigenvalue weighted by molar-refractivity contribution is 5.73. The number of hydrogen-bond donors (Lipinski definition) is 0. The molecule has 0 saturated heterocycles. The average Bonchev–Trinajstić information content (AvgIpc) is 2.15. The minimum absolute atomic E-state index is 0.103. The van der Waals surface area contributed by atoms with Crippen molar-refractivity contribution in [2.45, 2.75) is 39.0 Å². The molecule has 4 aliphatic carbocycles. The van der Waals surface area contributed by atoms with E-state index in [0.717, 1.165) is 11.8 Å². The summed E-state index contributed by atoms with van der Waals surface area (Å²) in [4.78, 5) is 11.9. The SMILES string of the molecule is CCOC(=O)C1C2CC3CC(C2)CC1C3. The molecular weight excluding hydrogens is 188 g/mol. The second-order valence-corrected chi connectivity index (χ2v) is 5.71. The number of rotatable bonds is 2. The van der Waals surface area contributed by atoms with Gasteiger partial charge in [0.25, 0.3) is 0 Å². The zero-order valence-corrected chi connectivity index (χ0v) is 9.45. The van der Waals surface area contributed by atoms with Gasteiger partial charge in [0, 0.05) is 0 Å². The monoisotopic (exact) mass is 208 g/mol. The van der Waals surface area contributed by atoms with Crippen molar-refractivity contribution < 1.29 is 9.53 Å². The summed E-state index contributed by atoms with van der Waals surface area (Å²) in [5, 5.41) is 0. The maximum atomic E-state index is 11.9. The van der Waals surface area contributed by atoms with Gasteiger partial charge in [0.05, 0.1) is 12.5 Å².